The third-order valence-corrected chi connectivity index (χ3v) is 2.52. The van der Waals surface area contributed by atoms with E-state index in [-0.39, 0.29) is 18.1 Å². The predicted octanol–water partition coefficient (Wildman–Crippen LogP) is 2.32. The topological polar surface area (TPSA) is 75.5 Å². The number of rotatable bonds is 6. The molecule has 6 heteroatoms. The molecule has 0 unspecified atom stereocenters. The molecular weight excluding hydrogens is 258 g/mol. The molecule has 0 saturated carbocycles. The maximum absolute atomic E-state index is 11.7. The van der Waals surface area contributed by atoms with Crippen molar-refractivity contribution in [2.75, 3.05) is 19.7 Å². The third-order valence-electron chi connectivity index (χ3n) is 2.52. The van der Waals surface area contributed by atoms with Crippen LogP contribution in [0.15, 0.2) is 30.7 Å². The van der Waals surface area contributed by atoms with Crippen LogP contribution in [0.3, 0.4) is 0 Å². The first-order valence-electron chi connectivity index (χ1n) is 6.24. The maximum atomic E-state index is 11.7. The largest absolute Gasteiger partial charge is 0.483 e. The first-order valence-corrected chi connectivity index (χ1v) is 6.24. The second kappa shape index (κ2) is 7.79. The molecule has 0 saturated heterocycles. The van der Waals surface area contributed by atoms with E-state index in [2.05, 4.69) is 11.6 Å². The minimum atomic E-state index is -0.463. The second-order valence-corrected chi connectivity index (χ2v) is 3.83. The summed E-state index contributed by atoms with van der Waals surface area (Å²) >= 11 is 0. The van der Waals surface area contributed by atoms with E-state index in [1.807, 2.05) is 19.9 Å². The fourth-order valence-electron chi connectivity index (χ4n) is 1.45. The Labute approximate surface area is 118 Å². The van der Waals surface area contributed by atoms with Crippen molar-refractivity contribution < 1.29 is 14.3 Å². The van der Waals surface area contributed by atoms with E-state index >= 15 is 0 Å². The normalized spacial score (nSPS) is 9.45. The van der Waals surface area contributed by atoms with E-state index in [1.54, 1.807) is 12.1 Å². The number of nitrogens with zero attached hydrogens (tertiary/aromatic N) is 3. The summed E-state index contributed by atoms with van der Waals surface area (Å²) in [5.74, 6) is 0.504. The van der Waals surface area contributed by atoms with Crippen LogP contribution in [-0.2, 0) is 4.74 Å². The van der Waals surface area contributed by atoms with Gasteiger partial charge in [-0.25, -0.2) is 9.78 Å². The average Bonchev–Trinajstić information content (AvgIpc) is 2.46. The number of nitriles is 1. The Morgan fingerprint density at radius 3 is 2.80 bits per heavy atom. The third kappa shape index (κ3) is 4.28. The molecule has 0 aliphatic heterocycles. The number of hydrogen-bond donors (Lipinski definition) is 0. The summed E-state index contributed by atoms with van der Waals surface area (Å²) in [6.07, 6.45) is 1.04. The maximum Gasteiger partial charge on any atom is 0.414 e. The predicted molar refractivity (Wildman–Crippen MR) is 73.0 cm³/mol. The Morgan fingerprint density at radius 2 is 2.20 bits per heavy atom. The fraction of sp³-hybridized carbons (Fsp3) is 0.357. The van der Waals surface area contributed by atoms with Crippen LogP contribution in [-0.4, -0.2) is 35.7 Å². The van der Waals surface area contributed by atoms with Crippen LogP contribution in [0.4, 0.5) is 4.79 Å². The Hall–Kier alpha value is -2.55. The first-order chi connectivity index (χ1) is 9.62. The minimum Gasteiger partial charge on any atom is -0.483 e. The van der Waals surface area contributed by atoms with Gasteiger partial charge in [-0.05, 0) is 26.0 Å². The van der Waals surface area contributed by atoms with Crippen LogP contribution in [0.5, 0.6) is 5.75 Å². The van der Waals surface area contributed by atoms with Crippen LogP contribution in [0.25, 0.3) is 0 Å². The summed E-state index contributed by atoms with van der Waals surface area (Å²) in [6.45, 7) is 8.44. The van der Waals surface area contributed by atoms with Gasteiger partial charge in [-0.1, -0.05) is 6.58 Å². The molecule has 0 atom stereocenters. The molecule has 1 rings (SSSR count). The van der Waals surface area contributed by atoms with Crippen molar-refractivity contribution in [3.63, 3.8) is 0 Å². The van der Waals surface area contributed by atoms with E-state index in [1.165, 1.54) is 11.1 Å². The lowest BCUT2D eigenvalue weighted by molar-refractivity contribution is 0.123. The number of ether oxygens (including phenoxy) is 2. The molecule has 0 bridgehead atoms. The fourth-order valence-corrected chi connectivity index (χ4v) is 1.45. The smallest absolute Gasteiger partial charge is 0.414 e. The molecule has 0 fully saturated rings. The minimum absolute atomic E-state index is 0.0205. The van der Waals surface area contributed by atoms with Gasteiger partial charge in [0.05, 0.1) is 0 Å². The van der Waals surface area contributed by atoms with Crippen molar-refractivity contribution in [1.29, 1.82) is 5.26 Å². The highest BCUT2D eigenvalue weighted by atomic mass is 16.6. The molecule has 1 aromatic heterocycles. The van der Waals surface area contributed by atoms with Crippen molar-refractivity contribution in [2.24, 2.45) is 0 Å². The van der Waals surface area contributed by atoms with Gasteiger partial charge in [0, 0.05) is 19.3 Å². The summed E-state index contributed by atoms with van der Waals surface area (Å²) in [7, 11) is 0. The summed E-state index contributed by atoms with van der Waals surface area (Å²) in [6, 6.07) is 5.18. The molecule has 0 spiro atoms. The zero-order valence-electron chi connectivity index (χ0n) is 11.6. The number of amides is 1. The van der Waals surface area contributed by atoms with E-state index in [9.17, 15) is 4.79 Å². The van der Waals surface area contributed by atoms with Crippen molar-refractivity contribution in [3.8, 4) is 11.8 Å². The van der Waals surface area contributed by atoms with Crippen molar-refractivity contribution in [2.45, 2.75) is 13.8 Å². The quantitative estimate of drug-likeness (QED) is 0.745. The van der Waals surface area contributed by atoms with Gasteiger partial charge in [-0.15, -0.1) is 0 Å². The Bertz CT molecular complexity index is 519. The van der Waals surface area contributed by atoms with E-state index in [0.717, 1.165) is 0 Å². The molecule has 106 valence electrons. The zero-order valence-corrected chi connectivity index (χ0v) is 11.6. The van der Waals surface area contributed by atoms with Crippen molar-refractivity contribution in [1.82, 2.24) is 9.88 Å². The summed E-state index contributed by atoms with van der Waals surface area (Å²) < 4.78 is 10.4. The molecule has 0 radical (unpaired) electrons. The number of aromatic nitrogens is 1. The van der Waals surface area contributed by atoms with Crippen LogP contribution >= 0.6 is 0 Å². The van der Waals surface area contributed by atoms with Gasteiger partial charge in [-0.3, -0.25) is 0 Å². The molecule has 0 N–H and O–H groups in total. The monoisotopic (exact) mass is 275 g/mol. The zero-order chi connectivity index (χ0) is 15.0. The molecule has 1 aromatic rings. The van der Waals surface area contributed by atoms with Crippen LogP contribution in [0, 0.1) is 11.3 Å². The average molecular weight is 275 g/mol. The van der Waals surface area contributed by atoms with Gasteiger partial charge in [0.25, 0.3) is 0 Å². The Balaban J connectivity index is 2.52. The second-order valence-electron chi connectivity index (χ2n) is 3.83. The van der Waals surface area contributed by atoms with Crippen molar-refractivity contribution >= 4 is 6.09 Å². The first kappa shape index (κ1) is 15.5. The SMILES string of the molecule is C=C(COc1cccnc1C#N)OC(=O)N(CC)CC. The Morgan fingerprint density at radius 1 is 1.50 bits per heavy atom. The van der Waals surface area contributed by atoms with Gasteiger partial charge in [0.15, 0.2) is 11.4 Å². The van der Waals surface area contributed by atoms with E-state index < -0.39 is 6.09 Å². The molecule has 1 heterocycles. The Kier molecular flexibility index (Phi) is 6.04. The summed E-state index contributed by atoms with van der Waals surface area (Å²) in [5, 5.41) is 8.86. The van der Waals surface area contributed by atoms with Gasteiger partial charge < -0.3 is 14.4 Å². The number of carbonyl (C=O) groups is 1. The molecule has 0 aromatic carbocycles. The lowest BCUT2D eigenvalue weighted by atomic mass is 10.3. The highest BCUT2D eigenvalue weighted by molar-refractivity contribution is 5.68. The summed E-state index contributed by atoms with van der Waals surface area (Å²) in [4.78, 5) is 17.1. The van der Waals surface area contributed by atoms with Crippen molar-refractivity contribution in [3.05, 3.63) is 36.4 Å². The standard InChI is InChI=1S/C14H17N3O3/c1-4-17(5-2)14(18)20-11(3)10-19-13-7-6-8-16-12(13)9-15/h6-8H,3-5,10H2,1-2H3. The van der Waals surface area contributed by atoms with Crippen LogP contribution < -0.4 is 4.74 Å². The summed E-state index contributed by atoms with van der Waals surface area (Å²) in [5.41, 5.74) is 0.176. The highest BCUT2D eigenvalue weighted by Crippen LogP contribution is 2.15. The van der Waals surface area contributed by atoms with Gasteiger partial charge in [-0.2, -0.15) is 5.26 Å². The molecule has 1 amide bonds. The molecular formula is C14H17N3O3. The number of hydrogen-bond acceptors (Lipinski definition) is 5. The lowest BCUT2D eigenvalue weighted by Crippen LogP contribution is -2.31. The van der Waals surface area contributed by atoms with Crippen LogP contribution in [0.1, 0.15) is 19.5 Å². The van der Waals surface area contributed by atoms with E-state index in [4.69, 9.17) is 14.7 Å². The highest BCUT2D eigenvalue weighted by Gasteiger charge is 2.13. The van der Waals surface area contributed by atoms with Crippen LogP contribution in [0.2, 0.25) is 0 Å². The van der Waals surface area contributed by atoms with Gasteiger partial charge >= 0.3 is 6.09 Å². The van der Waals surface area contributed by atoms with Gasteiger partial charge in [0.1, 0.15) is 18.4 Å². The number of pyridine rings is 1. The molecule has 6 nitrogen and oxygen atoms in total. The molecule has 0 aliphatic carbocycles. The van der Waals surface area contributed by atoms with Gasteiger partial charge in [0.2, 0.25) is 0 Å². The van der Waals surface area contributed by atoms with E-state index in [0.29, 0.717) is 18.8 Å². The number of carbonyl (C=O) groups excluding carboxylic acids is 1. The molecule has 20 heavy (non-hydrogen) atoms. The lowest BCUT2D eigenvalue weighted by Gasteiger charge is -2.18. The molecule has 0 aliphatic rings.